The molecule has 0 radical (unpaired) electrons. The maximum Gasteiger partial charge on any atom is 0.157 e. The molecule has 0 aliphatic carbocycles. The molecule has 2 aromatic carbocycles. The van der Waals surface area contributed by atoms with Gasteiger partial charge < -0.3 is 10.2 Å². The molecule has 2 N–H and O–H groups in total. The van der Waals surface area contributed by atoms with E-state index in [1.165, 1.54) is 18.2 Å². The first kappa shape index (κ1) is 15.1. The zero-order valence-corrected chi connectivity index (χ0v) is 12.0. The Morgan fingerprint density at radius 3 is 2.43 bits per heavy atom. The van der Waals surface area contributed by atoms with Gasteiger partial charge in [0.2, 0.25) is 0 Å². The first-order valence-corrected chi connectivity index (χ1v) is 6.90. The summed E-state index contributed by atoms with van der Waals surface area (Å²) in [6.07, 6.45) is 4.15. The van der Waals surface area contributed by atoms with Crippen LogP contribution in [0, 0.1) is 0 Å². The van der Waals surface area contributed by atoms with Gasteiger partial charge in [0.05, 0.1) is 0 Å². The average Bonchev–Trinajstić information content (AvgIpc) is 2.48. The number of hydrogen-bond acceptors (Lipinski definition) is 3. The summed E-state index contributed by atoms with van der Waals surface area (Å²) in [4.78, 5) is 11.8. The molecule has 0 unspecified atom stereocenters. The van der Waals surface area contributed by atoms with E-state index in [2.05, 4.69) is 0 Å². The van der Waals surface area contributed by atoms with E-state index in [9.17, 15) is 15.0 Å². The van der Waals surface area contributed by atoms with Gasteiger partial charge in [0.25, 0.3) is 0 Å². The predicted molar refractivity (Wildman–Crippen MR) is 83.6 cm³/mol. The van der Waals surface area contributed by atoms with E-state index in [-0.39, 0.29) is 17.3 Å². The van der Waals surface area contributed by atoms with Crippen LogP contribution in [-0.4, -0.2) is 16.0 Å². The van der Waals surface area contributed by atoms with Gasteiger partial charge in [-0.15, -0.1) is 0 Å². The number of ketones is 1. The average molecular weight is 303 g/mol. The van der Waals surface area contributed by atoms with Crippen LogP contribution < -0.4 is 0 Å². The maximum absolute atomic E-state index is 11.8. The highest BCUT2D eigenvalue weighted by Gasteiger charge is 2.01. The Kier molecular flexibility index (Phi) is 5.01. The molecule has 0 aliphatic heterocycles. The fourth-order valence-corrected chi connectivity index (χ4v) is 1.96. The number of aryl methyl sites for hydroxylation is 1. The van der Waals surface area contributed by atoms with E-state index >= 15 is 0 Å². The lowest BCUT2D eigenvalue weighted by Gasteiger charge is -2.00. The second-order valence-corrected chi connectivity index (χ2v) is 5.11. The summed E-state index contributed by atoms with van der Waals surface area (Å²) < 4.78 is 0. The Hall–Kier alpha value is -2.26. The number of phenols is 2. The second kappa shape index (κ2) is 6.95. The number of phenolic OH excluding ortho intramolecular Hbond substituents is 2. The van der Waals surface area contributed by atoms with Crippen LogP contribution in [0.1, 0.15) is 17.5 Å². The van der Waals surface area contributed by atoms with Gasteiger partial charge in [-0.25, -0.2) is 0 Å². The molecule has 3 nitrogen and oxygen atoms in total. The molecule has 0 saturated heterocycles. The lowest BCUT2D eigenvalue weighted by atomic mass is 10.1. The summed E-state index contributed by atoms with van der Waals surface area (Å²) in [6, 6.07) is 11.8. The molecule has 21 heavy (non-hydrogen) atoms. The molecule has 0 aliphatic rings. The van der Waals surface area contributed by atoms with E-state index in [4.69, 9.17) is 11.6 Å². The highest BCUT2D eigenvalue weighted by molar-refractivity contribution is 6.30. The Balaban J connectivity index is 1.90. The summed E-state index contributed by atoms with van der Waals surface area (Å²) in [5.74, 6) is -0.385. The third-order valence-corrected chi connectivity index (χ3v) is 3.29. The lowest BCUT2D eigenvalue weighted by molar-refractivity contribution is -0.114. The van der Waals surface area contributed by atoms with Gasteiger partial charge in [0.1, 0.15) is 0 Å². The quantitative estimate of drug-likeness (QED) is 0.649. The second-order valence-electron chi connectivity index (χ2n) is 4.67. The van der Waals surface area contributed by atoms with Crippen LogP contribution in [0.25, 0.3) is 6.08 Å². The number of hydrogen-bond donors (Lipinski definition) is 2. The van der Waals surface area contributed by atoms with Crippen LogP contribution in [0.2, 0.25) is 5.02 Å². The summed E-state index contributed by atoms with van der Waals surface area (Å²) in [7, 11) is 0. The molecule has 0 saturated carbocycles. The molecule has 0 aromatic heterocycles. The largest absolute Gasteiger partial charge is 0.504 e. The number of halogens is 1. The van der Waals surface area contributed by atoms with Crippen LogP contribution in [0.5, 0.6) is 11.5 Å². The molecular formula is C17H15ClO3. The molecule has 0 atom stereocenters. The zero-order valence-electron chi connectivity index (χ0n) is 11.3. The monoisotopic (exact) mass is 302 g/mol. The molecule has 0 amide bonds. The van der Waals surface area contributed by atoms with Gasteiger partial charge in [0, 0.05) is 11.4 Å². The highest BCUT2D eigenvalue weighted by atomic mass is 35.5. The van der Waals surface area contributed by atoms with Crippen molar-refractivity contribution in [1.82, 2.24) is 0 Å². The first-order valence-electron chi connectivity index (χ1n) is 6.52. The van der Waals surface area contributed by atoms with Crippen LogP contribution in [0.3, 0.4) is 0 Å². The fraction of sp³-hybridized carbons (Fsp3) is 0.118. The van der Waals surface area contributed by atoms with Crippen LogP contribution in [0.15, 0.2) is 48.5 Å². The molecule has 0 spiro atoms. The van der Waals surface area contributed by atoms with E-state index in [1.807, 2.05) is 12.1 Å². The topological polar surface area (TPSA) is 57.5 Å². The summed E-state index contributed by atoms with van der Waals surface area (Å²) in [5, 5.41) is 19.2. The van der Waals surface area contributed by atoms with Gasteiger partial charge in [-0.2, -0.15) is 0 Å². The predicted octanol–water partition coefficient (Wildman–Crippen LogP) is 3.97. The van der Waals surface area contributed by atoms with Crippen molar-refractivity contribution in [2.75, 3.05) is 0 Å². The van der Waals surface area contributed by atoms with E-state index in [0.717, 1.165) is 5.56 Å². The normalized spacial score (nSPS) is 10.9. The molecule has 2 rings (SSSR count). The van der Waals surface area contributed by atoms with Crippen molar-refractivity contribution in [3.05, 3.63) is 64.7 Å². The van der Waals surface area contributed by atoms with Crippen molar-refractivity contribution >= 4 is 23.5 Å². The number of benzene rings is 2. The van der Waals surface area contributed by atoms with Crippen LogP contribution in [-0.2, 0) is 11.2 Å². The van der Waals surface area contributed by atoms with Crippen molar-refractivity contribution in [2.45, 2.75) is 12.8 Å². The van der Waals surface area contributed by atoms with Crippen molar-refractivity contribution in [2.24, 2.45) is 0 Å². The van der Waals surface area contributed by atoms with Crippen molar-refractivity contribution < 1.29 is 15.0 Å². The summed E-state index contributed by atoms with van der Waals surface area (Å²) >= 11 is 5.80. The van der Waals surface area contributed by atoms with Crippen molar-refractivity contribution in [1.29, 1.82) is 0 Å². The minimum atomic E-state index is -0.203. The standard InChI is InChI=1S/C17H15ClO3/c18-14-6-1-12(2-7-14)3-8-15(19)9-4-13-5-10-16(20)17(21)11-13/h1-2,4-7,9-11,20-21H,3,8H2/b9-4+. The van der Waals surface area contributed by atoms with Gasteiger partial charge in [-0.1, -0.05) is 35.9 Å². The number of allylic oxidation sites excluding steroid dienone is 1. The first-order chi connectivity index (χ1) is 10.0. The fourth-order valence-electron chi connectivity index (χ4n) is 1.84. The summed E-state index contributed by atoms with van der Waals surface area (Å²) in [6.45, 7) is 0. The number of carbonyl (C=O) groups excluding carboxylic acids is 1. The SMILES string of the molecule is O=C(/C=C/c1ccc(O)c(O)c1)CCc1ccc(Cl)cc1. The molecule has 0 heterocycles. The lowest BCUT2D eigenvalue weighted by Crippen LogP contribution is -1.95. The van der Waals surface area contributed by atoms with E-state index in [0.29, 0.717) is 23.4 Å². The third-order valence-electron chi connectivity index (χ3n) is 3.03. The zero-order chi connectivity index (χ0) is 15.2. The molecule has 4 heteroatoms. The number of aromatic hydroxyl groups is 2. The molecule has 2 aromatic rings. The highest BCUT2D eigenvalue weighted by Crippen LogP contribution is 2.25. The minimum absolute atomic E-state index is 0.00230. The number of carbonyl (C=O) groups is 1. The van der Waals surface area contributed by atoms with Crippen LogP contribution in [0.4, 0.5) is 0 Å². The van der Waals surface area contributed by atoms with Gasteiger partial charge >= 0.3 is 0 Å². The maximum atomic E-state index is 11.8. The van der Waals surface area contributed by atoms with E-state index < -0.39 is 0 Å². The molecule has 0 fully saturated rings. The smallest absolute Gasteiger partial charge is 0.157 e. The van der Waals surface area contributed by atoms with Crippen molar-refractivity contribution in [3.8, 4) is 11.5 Å². The van der Waals surface area contributed by atoms with Gasteiger partial charge in [-0.3, -0.25) is 4.79 Å². The summed E-state index contributed by atoms with van der Waals surface area (Å²) in [5.41, 5.74) is 1.72. The van der Waals surface area contributed by atoms with Crippen LogP contribution >= 0.6 is 11.6 Å². The minimum Gasteiger partial charge on any atom is -0.504 e. The van der Waals surface area contributed by atoms with Gasteiger partial charge in [0.15, 0.2) is 17.3 Å². The Morgan fingerprint density at radius 2 is 1.76 bits per heavy atom. The molecular weight excluding hydrogens is 288 g/mol. The molecule has 0 bridgehead atoms. The Morgan fingerprint density at radius 1 is 1.05 bits per heavy atom. The van der Waals surface area contributed by atoms with Gasteiger partial charge in [-0.05, 0) is 47.9 Å². The number of rotatable bonds is 5. The molecule has 108 valence electrons. The van der Waals surface area contributed by atoms with Crippen molar-refractivity contribution in [3.63, 3.8) is 0 Å². The Labute approximate surface area is 128 Å². The third kappa shape index (κ3) is 4.65. The Bertz CT molecular complexity index is 660. The van der Waals surface area contributed by atoms with E-state index in [1.54, 1.807) is 24.3 Å².